The third-order valence-electron chi connectivity index (χ3n) is 5.40. The van der Waals surface area contributed by atoms with Gasteiger partial charge in [-0.3, -0.25) is 4.79 Å². The van der Waals surface area contributed by atoms with Crippen molar-refractivity contribution >= 4 is 23.2 Å². The van der Waals surface area contributed by atoms with Crippen LogP contribution in [0.3, 0.4) is 0 Å². The lowest BCUT2D eigenvalue weighted by molar-refractivity contribution is -1.01. The molecule has 156 valence electrons. The van der Waals surface area contributed by atoms with Crippen LogP contribution in [-0.4, -0.2) is 58.9 Å². The molecule has 7 heteroatoms. The molecule has 1 heterocycles. The van der Waals surface area contributed by atoms with E-state index in [0.717, 1.165) is 55.5 Å². The number of benzene rings is 2. The van der Waals surface area contributed by atoms with Gasteiger partial charge in [0.05, 0.1) is 7.11 Å². The molecule has 1 aliphatic rings. The van der Waals surface area contributed by atoms with E-state index in [1.54, 1.807) is 7.11 Å². The standard InChI is InChI=1S/C22H28ClN3O3/c1-17-20(23)4-3-5-21(17)24-22(27)16-26-12-10-25(11-13-26)14-15-29-19-8-6-18(28-2)7-9-19/h3-9H,10-16H2,1-2H3,(H,24,27)/p+2. The highest BCUT2D eigenvalue weighted by Gasteiger charge is 2.24. The quantitative estimate of drug-likeness (QED) is 0.582. The van der Waals surface area contributed by atoms with Crippen LogP contribution in [0.4, 0.5) is 5.69 Å². The summed E-state index contributed by atoms with van der Waals surface area (Å²) in [5.41, 5.74) is 1.70. The Balaban J connectivity index is 1.35. The molecular weight excluding hydrogens is 390 g/mol. The van der Waals surface area contributed by atoms with Crippen molar-refractivity contribution in [3.63, 3.8) is 0 Å². The van der Waals surface area contributed by atoms with Gasteiger partial charge in [-0.15, -0.1) is 0 Å². The van der Waals surface area contributed by atoms with Crippen LogP contribution >= 0.6 is 11.6 Å². The zero-order valence-corrected chi connectivity index (χ0v) is 17.8. The molecule has 1 aliphatic heterocycles. The van der Waals surface area contributed by atoms with Crippen molar-refractivity contribution in [3.8, 4) is 11.5 Å². The van der Waals surface area contributed by atoms with Gasteiger partial charge in [-0.25, -0.2) is 0 Å². The van der Waals surface area contributed by atoms with Gasteiger partial charge in [-0.05, 0) is 48.9 Å². The predicted molar refractivity (Wildman–Crippen MR) is 114 cm³/mol. The average molecular weight is 420 g/mol. The second kappa shape index (κ2) is 10.5. The highest BCUT2D eigenvalue weighted by Crippen LogP contribution is 2.22. The van der Waals surface area contributed by atoms with Crippen LogP contribution in [0.2, 0.25) is 5.02 Å². The van der Waals surface area contributed by atoms with E-state index in [0.29, 0.717) is 18.2 Å². The summed E-state index contributed by atoms with van der Waals surface area (Å²) < 4.78 is 11.0. The number of quaternary nitrogens is 2. The number of anilines is 1. The molecule has 6 nitrogen and oxygen atoms in total. The summed E-state index contributed by atoms with van der Waals surface area (Å²) in [4.78, 5) is 15.2. The van der Waals surface area contributed by atoms with Gasteiger partial charge in [0.2, 0.25) is 0 Å². The SMILES string of the molecule is COc1ccc(OCC[NH+]2CC[NH+](CC(=O)Nc3cccc(Cl)c3C)CC2)cc1. The molecule has 0 spiro atoms. The van der Waals surface area contributed by atoms with E-state index in [1.807, 2.05) is 49.4 Å². The van der Waals surface area contributed by atoms with Crippen molar-refractivity contribution in [3.05, 3.63) is 53.1 Å². The second-order valence-corrected chi connectivity index (χ2v) is 7.82. The van der Waals surface area contributed by atoms with Crippen molar-refractivity contribution in [2.45, 2.75) is 6.92 Å². The van der Waals surface area contributed by atoms with Crippen LogP contribution in [0, 0.1) is 6.92 Å². The number of carbonyl (C=O) groups excluding carboxylic acids is 1. The topological polar surface area (TPSA) is 56.4 Å². The number of methoxy groups -OCH3 is 1. The fraction of sp³-hybridized carbons (Fsp3) is 0.409. The van der Waals surface area contributed by atoms with E-state index < -0.39 is 0 Å². The van der Waals surface area contributed by atoms with Crippen LogP contribution in [0.1, 0.15) is 5.56 Å². The van der Waals surface area contributed by atoms with Crippen LogP contribution < -0.4 is 24.6 Å². The smallest absolute Gasteiger partial charge is 0.279 e. The number of rotatable bonds is 8. The fourth-order valence-corrected chi connectivity index (χ4v) is 3.71. The number of ether oxygens (including phenoxy) is 2. The summed E-state index contributed by atoms with van der Waals surface area (Å²) in [5.74, 6) is 1.73. The van der Waals surface area contributed by atoms with Gasteiger partial charge in [0.15, 0.2) is 6.54 Å². The molecule has 0 aromatic heterocycles. The molecule has 3 N–H and O–H groups in total. The van der Waals surface area contributed by atoms with E-state index >= 15 is 0 Å². The van der Waals surface area contributed by atoms with Gasteiger partial charge < -0.3 is 24.6 Å². The van der Waals surface area contributed by atoms with Crippen LogP contribution in [0.25, 0.3) is 0 Å². The van der Waals surface area contributed by atoms with Crippen molar-refractivity contribution in [2.75, 3.05) is 58.3 Å². The maximum absolute atomic E-state index is 12.4. The van der Waals surface area contributed by atoms with Gasteiger partial charge in [0.25, 0.3) is 5.91 Å². The number of halogens is 1. The first-order valence-corrected chi connectivity index (χ1v) is 10.4. The van der Waals surface area contributed by atoms with Crippen molar-refractivity contribution in [1.82, 2.24) is 0 Å². The number of piperazine rings is 1. The number of hydrogen-bond donors (Lipinski definition) is 3. The molecule has 0 bridgehead atoms. The van der Waals surface area contributed by atoms with Crippen LogP contribution in [0.15, 0.2) is 42.5 Å². The van der Waals surface area contributed by atoms with Gasteiger partial charge in [0.1, 0.15) is 50.8 Å². The first-order valence-electron chi connectivity index (χ1n) is 10.0. The van der Waals surface area contributed by atoms with E-state index in [1.165, 1.54) is 9.80 Å². The van der Waals surface area contributed by atoms with E-state index in [4.69, 9.17) is 21.1 Å². The Labute approximate surface area is 177 Å². The summed E-state index contributed by atoms with van der Waals surface area (Å²) in [7, 11) is 1.66. The Bertz CT molecular complexity index is 805. The molecule has 0 radical (unpaired) electrons. The molecule has 1 saturated heterocycles. The molecule has 2 aromatic rings. The normalized spacial score (nSPS) is 18.9. The Morgan fingerprint density at radius 2 is 1.69 bits per heavy atom. The Kier molecular flexibility index (Phi) is 7.75. The Hall–Kier alpha value is -2.28. The van der Waals surface area contributed by atoms with E-state index in [-0.39, 0.29) is 5.91 Å². The number of hydrogen-bond acceptors (Lipinski definition) is 3. The minimum Gasteiger partial charge on any atom is -0.497 e. The molecule has 0 unspecified atom stereocenters. The van der Waals surface area contributed by atoms with E-state index in [9.17, 15) is 4.79 Å². The lowest BCUT2D eigenvalue weighted by atomic mass is 10.2. The highest BCUT2D eigenvalue weighted by atomic mass is 35.5. The van der Waals surface area contributed by atoms with Gasteiger partial charge in [-0.2, -0.15) is 0 Å². The van der Waals surface area contributed by atoms with Crippen LogP contribution in [0.5, 0.6) is 11.5 Å². The largest absolute Gasteiger partial charge is 0.497 e. The summed E-state index contributed by atoms with van der Waals surface area (Å²) in [6, 6.07) is 13.2. The maximum atomic E-state index is 12.4. The zero-order valence-electron chi connectivity index (χ0n) is 17.1. The molecule has 0 atom stereocenters. The highest BCUT2D eigenvalue weighted by molar-refractivity contribution is 6.31. The summed E-state index contributed by atoms with van der Waals surface area (Å²) in [6.07, 6.45) is 0. The van der Waals surface area contributed by atoms with Gasteiger partial charge >= 0.3 is 0 Å². The van der Waals surface area contributed by atoms with Crippen LogP contribution in [-0.2, 0) is 4.79 Å². The predicted octanol–water partition coefficient (Wildman–Crippen LogP) is 0.458. The fourth-order valence-electron chi connectivity index (χ4n) is 3.53. The van der Waals surface area contributed by atoms with Crippen molar-refractivity contribution in [2.24, 2.45) is 0 Å². The molecule has 1 amide bonds. The van der Waals surface area contributed by atoms with Crippen molar-refractivity contribution in [1.29, 1.82) is 0 Å². The summed E-state index contributed by atoms with van der Waals surface area (Å²) >= 11 is 6.12. The second-order valence-electron chi connectivity index (χ2n) is 7.41. The average Bonchev–Trinajstić information content (AvgIpc) is 2.73. The van der Waals surface area contributed by atoms with E-state index in [2.05, 4.69) is 5.32 Å². The number of amides is 1. The Morgan fingerprint density at radius 3 is 2.38 bits per heavy atom. The first-order chi connectivity index (χ1) is 14.0. The molecule has 0 aliphatic carbocycles. The molecule has 2 aromatic carbocycles. The summed E-state index contributed by atoms with van der Waals surface area (Å²) in [6.45, 7) is 8.12. The zero-order chi connectivity index (χ0) is 20.6. The monoisotopic (exact) mass is 419 g/mol. The molecule has 29 heavy (non-hydrogen) atoms. The first kappa shape index (κ1) is 21.4. The lowest BCUT2D eigenvalue weighted by Crippen LogP contribution is -3.28. The number of nitrogens with one attached hydrogen (secondary N) is 3. The number of carbonyl (C=O) groups is 1. The molecule has 3 rings (SSSR count). The minimum absolute atomic E-state index is 0.0386. The minimum atomic E-state index is 0.0386. The molecule has 0 saturated carbocycles. The summed E-state index contributed by atoms with van der Waals surface area (Å²) in [5, 5.41) is 3.66. The maximum Gasteiger partial charge on any atom is 0.279 e. The lowest BCUT2D eigenvalue weighted by Gasteiger charge is -2.29. The Morgan fingerprint density at radius 1 is 1.03 bits per heavy atom. The third kappa shape index (κ3) is 6.35. The molecule has 1 fully saturated rings. The van der Waals surface area contributed by atoms with Gasteiger partial charge in [-0.1, -0.05) is 17.7 Å². The van der Waals surface area contributed by atoms with Gasteiger partial charge in [0, 0.05) is 10.7 Å². The molecular formula is C22H30ClN3O3+2. The van der Waals surface area contributed by atoms with Crippen molar-refractivity contribution < 1.29 is 24.1 Å². The third-order valence-corrected chi connectivity index (χ3v) is 5.81.